The van der Waals surface area contributed by atoms with E-state index in [0.29, 0.717) is 0 Å². The minimum absolute atomic E-state index is 0.0538. The maximum atomic E-state index is 12.1. The van der Waals surface area contributed by atoms with Crippen LogP contribution in [0, 0.1) is 6.92 Å². The Bertz CT molecular complexity index is 725. The number of carbonyl (C=O) groups is 1. The minimum Gasteiger partial charge on any atom is -0.484 e. The Morgan fingerprint density at radius 1 is 1.00 bits per heavy atom. The molecule has 150 valence electrons. The van der Waals surface area contributed by atoms with Crippen molar-refractivity contribution in [2.75, 3.05) is 39.3 Å². The van der Waals surface area contributed by atoms with Crippen molar-refractivity contribution >= 4 is 5.91 Å². The molecule has 0 bridgehead atoms. The highest BCUT2D eigenvalue weighted by Crippen LogP contribution is 2.11. The van der Waals surface area contributed by atoms with Gasteiger partial charge in [-0.05, 0) is 31.5 Å². The Balaban J connectivity index is 1.33. The summed E-state index contributed by atoms with van der Waals surface area (Å²) in [5, 5.41) is 3.04. The van der Waals surface area contributed by atoms with E-state index in [1.165, 1.54) is 11.1 Å². The SMILES string of the molecule is Cc1ccc(OCC(=O)N[C@@H](C)CN2CCN(Cc3ccccc3)CC2)cc1. The quantitative estimate of drug-likeness (QED) is 0.764. The van der Waals surface area contributed by atoms with Gasteiger partial charge in [0.1, 0.15) is 5.75 Å². The van der Waals surface area contributed by atoms with Crippen molar-refractivity contribution in [2.24, 2.45) is 0 Å². The van der Waals surface area contributed by atoms with E-state index in [1.807, 2.05) is 31.2 Å². The van der Waals surface area contributed by atoms with Crippen molar-refractivity contribution in [2.45, 2.75) is 26.4 Å². The van der Waals surface area contributed by atoms with Crippen LogP contribution in [0.1, 0.15) is 18.1 Å². The molecular weight excluding hydrogens is 350 g/mol. The van der Waals surface area contributed by atoms with Gasteiger partial charge in [0.25, 0.3) is 5.91 Å². The molecule has 1 amide bonds. The van der Waals surface area contributed by atoms with Gasteiger partial charge in [-0.3, -0.25) is 14.6 Å². The van der Waals surface area contributed by atoms with Gasteiger partial charge in [0.2, 0.25) is 0 Å². The zero-order chi connectivity index (χ0) is 19.8. The number of piperazine rings is 1. The molecular formula is C23H31N3O2. The van der Waals surface area contributed by atoms with Crippen molar-refractivity contribution in [3.05, 3.63) is 65.7 Å². The Morgan fingerprint density at radius 2 is 1.64 bits per heavy atom. The smallest absolute Gasteiger partial charge is 0.258 e. The first kappa shape index (κ1) is 20.4. The second-order valence-electron chi connectivity index (χ2n) is 7.63. The lowest BCUT2D eigenvalue weighted by Gasteiger charge is -2.36. The highest BCUT2D eigenvalue weighted by atomic mass is 16.5. The van der Waals surface area contributed by atoms with Crippen LogP contribution in [-0.2, 0) is 11.3 Å². The fourth-order valence-corrected chi connectivity index (χ4v) is 3.50. The molecule has 0 aliphatic carbocycles. The van der Waals surface area contributed by atoms with E-state index < -0.39 is 0 Å². The van der Waals surface area contributed by atoms with Crippen molar-refractivity contribution in [1.29, 1.82) is 0 Å². The van der Waals surface area contributed by atoms with E-state index in [1.54, 1.807) is 0 Å². The van der Waals surface area contributed by atoms with Gasteiger partial charge in [-0.15, -0.1) is 0 Å². The number of nitrogens with one attached hydrogen (secondary N) is 1. The van der Waals surface area contributed by atoms with E-state index >= 15 is 0 Å². The molecule has 2 aromatic carbocycles. The standard InChI is InChI=1S/C23H31N3O2/c1-19-8-10-22(11-9-19)28-18-23(27)24-20(2)16-25-12-14-26(15-13-25)17-21-6-4-3-5-7-21/h3-11,20H,12-18H2,1-2H3,(H,24,27)/t20-/m0/s1. The third-order valence-electron chi connectivity index (χ3n) is 5.04. The summed E-state index contributed by atoms with van der Waals surface area (Å²) in [5.41, 5.74) is 2.54. The summed E-state index contributed by atoms with van der Waals surface area (Å²) in [6, 6.07) is 18.5. The van der Waals surface area contributed by atoms with E-state index in [4.69, 9.17) is 4.74 Å². The third-order valence-corrected chi connectivity index (χ3v) is 5.04. The first-order valence-electron chi connectivity index (χ1n) is 10.1. The predicted octanol–water partition coefficient (Wildman–Crippen LogP) is 2.70. The number of ether oxygens (including phenoxy) is 1. The van der Waals surface area contributed by atoms with Crippen LogP contribution in [0.5, 0.6) is 5.75 Å². The number of rotatable bonds is 8. The molecule has 1 atom stereocenters. The van der Waals surface area contributed by atoms with Crippen LogP contribution in [0.15, 0.2) is 54.6 Å². The lowest BCUT2D eigenvalue weighted by molar-refractivity contribution is -0.123. The maximum absolute atomic E-state index is 12.1. The summed E-state index contributed by atoms with van der Waals surface area (Å²) >= 11 is 0. The van der Waals surface area contributed by atoms with Gasteiger partial charge in [0.15, 0.2) is 6.61 Å². The number of carbonyl (C=O) groups excluding carboxylic acids is 1. The topological polar surface area (TPSA) is 44.8 Å². The minimum atomic E-state index is -0.0733. The number of nitrogens with zero attached hydrogens (tertiary/aromatic N) is 2. The van der Waals surface area contributed by atoms with Crippen LogP contribution < -0.4 is 10.1 Å². The summed E-state index contributed by atoms with van der Waals surface area (Å²) < 4.78 is 5.55. The van der Waals surface area contributed by atoms with Crippen molar-refractivity contribution in [3.8, 4) is 5.75 Å². The number of aryl methyl sites for hydroxylation is 1. The summed E-state index contributed by atoms with van der Waals surface area (Å²) in [7, 11) is 0. The van der Waals surface area contributed by atoms with Crippen LogP contribution >= 0.6 is 0 Å². The van der Waals surface area contributed by atoms with Gasteiger partial charge in [-0.25, -0.2) is 0 Å². The van der Waals surface area contributed by atoms with E-state index in [9.17, 15) is 4.79 Å². The van der Waals surface area contributed by atoms with Crippen LogP contribution in [-0.4, -0.2) is 61.1 Å². The Morgan fingerprint density at radius 3 is 2.32 bits per heavy atom. The largest absolute Gasteiger partial charge is 0.484 e. The summed E-state index contributed by atoms with van der Waals surface area (Å²) in [6.45, 7) is 10.2. The van der Waals surface area contributed by atoms with Gasteiger partial charge < -0.3 is 10.1 Å². The lowest BCUT2D eigenvalue weighted by atomic mass is 10.2. The molecule has 1 N–H and O–H groups in total. The highest BCUT2D eigenvalue weighted by Gasteiger charge is 2.19. The molecule has 3 rings (SSSR count). The molecule has 0 unspecified atom stereocenters. The highest BCUT2D eigenvalue weighted by molar-refractivity contribution is 5.77. The van der Waals surface area contributed by atoms with Gasteiger partial charge in [0, 0.05) is 45.3 Å². The van der Waals surface area contributed by atoms with Gasteiger partial charge in [0.05, 0.1) is 0 Å². The van der Waals surface area contributed by atoms with Crippen molar-refractivity contribution < 1.29 is 9.53 Å². The summed E-state index contributed by atoms with van der Waals surface area (Å²) in [4.78, 5) is 17.0. The fourth-order valence-electron chi connectivity index (χ4n) is 3.50. The molecule has 0 aromatic heterocycles. The van der Waals surface area contributed by atoms with Crippen LogP contribution in [0.4, 0.5) is 0 Å². The molecule has 0 spiro atoms. The van der Waals surface area contributed by atoms with Gasteiger partial charge in [-0.1, -0.05) is 48.0 Å². The molecule has 0 radical (unpaired) electrons. The zero-order valence-corrected chi connectivity index (χ0v) is 16.9. The Kier molecular flexibility index (Phi) is 7.46. The molecule has 1 fully saturated rings. The molecule has 28 heavy (non-hydrogen) atoms. The molecule has 1 heterocycles. The van der Waals surface area contributed by atoms with Crippen LogP contribution in [0.3, 0.4) is 0 Å². The van der Waals surface area contributed by atoms with Crippen molar-refractivity contribution in [1.82, 2.24) is 15.1 Å². The second kappa shape index (κ2) is 10.2. The number of benzene rings is 2. The average molecular weight is 382 g/mol. The Labute approximate surface area is 168 Å². The Hall–Kier alpha value is -2.37. The fraction of sp³-hybridized carbons (Fsp3) is 0.435. The van der Waals surface area contributed by atoms with E-state index in [0.717, 1.165) is 45.0 Å². The lowest BCUT2D eigenvalue weighted by Crippen LogP contribution is -2.50. The molecule has 5 heteroatoms. The first-order chi connectivity index (χ1) is 13.6. The number of hydrogen-bond acceptors (Lipinski definition) is 4. The number of hydrogen-bond donors (Lipinski definition) is 1. The zero-order valence-electron chi connectivity index (χ0n) is 16.9. The van der Waals surface area contributed by atoms with Crippen LogP contribution in [0.2, 0.25) is 0 Å². The maximum Gasteiger partial charge on any atom is 0.258 e. The van der Waals surface area contributed by atoms with Crippen molar-refractivity contribution in [3.63, 3.8) is 0 Å². The summed E-state index contributed by atoms with van der Waals surface area (Å²) in [6.07, 6.45) is 0. The molecule has 2 aromatic rings. The van der Waals surface area contributed by atoms with E-state index in [2.05, 4.69) is 52.4 Å². The van der Waals surface area contributed by atoms with Gasteiger partial charge >= 0.3 is 0 Å². The van der Waals surface area contributed by atoms with Gasteiger partial charge in [-0.2, -0.15) is 0 Å². The number of amides is 1. The summed E-state index contributed by atoms with van der Waals surface area (Å²) in [5.74, 6) is 0.652. The van der Waals surface area contributed by atoms with Crippen LogP contribution in [0.25, 0.3) is 0 Å². The average Bonchev–Trinajstić information content (AvgIpc) is 2.70. The molecule has 1 aliphatic heterocycles. The van der Waals surface area contributed by atoms with E-state index in [-0.39, 0.29) is 18.6 Å². The molecule has 0 saturated carbocycles. The monoisotopic (exact) mass is 381 g/mol. The third kappa shape index (κ3) is 6.66. The first-order valence-corrected chi connectivity index (χ1v) is 10.1. The predicted molar refractivity (Wildman–Crippen MR) is 112 cm³/mol. The normalized spacial score (nSPS) is 16.5. The second-order valence-corrected chi connectivity index (χ2v) is 7.63. The molecule has 5 nitrogen and oxygen atoms in total. The molecule has 1 aliphatic rings. The molecule has 1 saturated heterocycles.